The van der Waals surface area contributed by atoms with E-state index in [1.807, 2.05) is 11.8 Å². The molecule has 1 aromatic rings. The Labute approximate surface area is 122 Å². The highest BCUT2D eigenvalue weighted by molar-refractivity contribution is 7.99. The molecular formula is C16H27NOS. The van der Waals surface area contributed by atoms with Gasteiger partial charge in [-0.25, -0.2) is 0 Å². The van der Waals surface area contributed by atoms with E-state index in [1.165, 1.54) is 16.7 Å². The maximum atomic E-state index is 5.03. The van der Waals surface area contributed by atoms with Crippen molar-refractivity contribution in [2.24, 2.45) is 0 Å². The Balaban J connectivity index is 2.20. The molecule has 1 unspecified atom stereocenters. The Morgan fingerprint density at radius 1 is 1.21 bits per heavy atom. The van der Waals surface area contributed by atoms with Gasteiger partial charge in [-0.1, -0.05) is 36.2 Å². The molecule has 0 aromatic heterocycles. The lowest BCUT2D eigenvalue weighted by Crippen LogP contribution is -2.24. The van der Waals surface area contributed by atoms with E-state index in [0.29, 0.717) is 5.25 Å². The first-order chi connectivity index (χ1) is 9.11. The third-order valence-electron chi connectivity index (χ3n) is 2.95. The van der Waals surface area contributed by atoms with E-state index >= 15 is 0 Å². The first kappa shape index (κ1) is 16.5. The first-order valence-corrected chi connectivity index (χ1v) is 8.05. The van der Waals surface area contributed by atoms with Gasteiger partial charge in [-0.05, 0) is 32.4 Å². The highest BCUT2D eigenvalue weighted by Crippen LogP contribution is 2.19. The van der Waals surface area contributed by atoms with Crippen LogP contribution in [-0.2, 0) is 10.5 Å². The van der Waals surface area contributed by atoms with E-state index < -0.39 is 0 Å². The van der Waals surface area contributed by atoms with Gasteiger partial charge in [0.2, 0.25) is 0 Å². The van der Waals surface area contributed by atoms with Crippen molar-refractivity contribution in [3.05, 3.63) is 34.9 Å². The molecule has 108 valence electrons. The first-order valence-electron chi connectivity index (χ1n) is 7.00. The van der Waals surface area contributed by atoms with Gasteiger partial charge in [-0.15, -0.1) is 0 Å². The standard InChI is InChI=1S/C16H27NOS/c1-13-8-14(2)10-16(9-13)12-19-15(3)11-17-6-5-7-18-4/h8-10,15,17H,5-7,11-12H2,1-4H3. The molecule has 0 amide bonds. The second-order valence-corrected chi connectivity index (χ2v) is 6.59. The number of aryl methyl sites for hydroxylation is 2. The molecular weight excluding hydrogens is 254 g/mol. The van der Waals surface area contributed by atoms with Crippen molar-refractivity contribution in [2.75, 3.05) is 26.8 Å². The van der Waals surface area contributed by atoms with Crippen LogP contribution in [-0.4, -0.2) is 32.1 Å². The van der Waals surface area contributed by atoms with Crippen LogP contribution in [0.2, 0.25) is 0 Å². The van der Waals surface area contributed by atoms with E-state index in [9.17, 15) is 0 Å². The second kappa shape index (κ2) is 9.40. The van der Waals surface area contributed by atoms with Crippen LogP contribution in [0, 0.1) is 13.8 Å². The predicted octanol–water partition coefficient (Wildman–Crippen LogP) is 3.55. The molecule has 2 nitrogen and oxygen atoms in total. The molecule has 0 aliphatic heterocycles. The third kappa shape index (κ3) is 7.61. The molecule has 1 aromatic carbocycles. The molecule has 0 spiro atoms. The molecule has 0 aliphatic rings. The Morgan fingerprint density at radius 2 is 1.89 bits per heavy atom. The quantitative estimate of drug-likeness (QED) is 0.699. The van der Waals surface area contributed by atoms with Crippen molar-refractivity contribution < 1.29 is 4.74 Å². The summed E-state index contributed by atoms with van der Waals surface area (Å²) < 4.78 is 5.03. The highest BCUT2D eigenvalue weighted by Gasteiger charge is 2.03. The predicted molar refractivity (Wildman–Crippen MR) is 86.0 cm³/mol. The minimum Gasteiger partial charge on any atom is -0.385 e. The van der Waals surface area contributed by atoms with Gasteiger partial charge >= 0.3 is 0 Å². The Kier molecular flexibility index (Phi) is 8.19. The lowest BCUT2D eigenvalue weighted by molar-refractivity contribution is 0.194. The van der Waals surface area contributed by atoms with Gasteiger partial charge in [-0.3, -0.25) is 0 Å². The van der Waals surface area contributed by atoms with Crippen LogP contribution in [0.5, 0.6) is 0 Å². The Bertz CT molecular complexity index is 348. The lowest BCUT2D eigenvalue weighted by atomic mass is 10.1. The summed E-state index contributed by atoms with van der Waals surface area (Å²) in [6, 6.07) is 6.81. The van der Waals surface area contributed by atoms with Crippen molar-refractivity contribution in [1.82, 2.24) is 5.32 Å². The third-order valence-corrected chi connectivity index (χ3v) is 4.19. The summed E-state index contributed by atoms with van der Waals surface area (Å²) in [6.07, 6.45) is 1.09. The topological polar surface area (TPSA) is 21.3 Å². The number of nitrogens with one attached hydrogen (secondary N) is 1. The number of ether oxygens (including phenoxy) is 1. The molecule has 1 N–H and O–H groups in total. The van der Waals surface area contributed by atoms with Gasteiger partial charge in [0, 0.05) is 31.3 Å². The summed E-state index contributed by atoms with van der Waals surface area (Å²) in [6.45, 7) is 9.58. The maximum absolute atomic E-state index is 5.03. The minimum atomic E-state index is 0.642. The van der Waals surface area contributed by atoms with Crippen LogP contribution < -0.4 is 5.32 Å². The molecule has 19 heavy (non-hydrogen) atoms. The van der Waals surface area contributed by atoms with Crippen LogP contribution in [0.15, 0.2) is 18.2 Å². The van der Waals surface area contributed by atoms with Gasteiger partial charge < -0.3 is 10.1 Å². The zero-order valence-corrected chi connectivity index (χ0v) is 13.5. The van der Waals surface area contributed by atoms with Crippen molar-refractivity contribution in [2.45, 2.75) is 38.2 Å². The summed E-state index contributed by atoms with van der Waals surface area (Å²) in [5.41, 5.74) is 4.16. The van der Waals surface area contributed by atoms with Crippen molar-refractivity contribution in [3.8, 4) is 0 Å². The molecule has 0 saturated carbocycles. The van der Waals surface area contributed by atoms with E-state index in [-0.39, 0.29) is 0 Å². The molecule has 0 saturated heterocycles. The average Bonchev–Trinajstić information content (AvgIpc) is 2.35. The normalized spacial score (nSPS) is 12.6. The van der Waals surface area contributed by atoms with Crippen LogP contribution in [0.1, 0.15) is 30.0 Å². The monoisotopic (exact) mass is 281 g/mol. The number of methoxy groups -OCH3 is 1. The molecule has 0 heterocycles. The Hall–Kier alpha value is -0.510. The van der Waals surface area contributed by atoms with Crippen molar-refractivity contribution in [1.29, 1.82) is 0 Å². The van der Waals surface area contributed by atoms with Gasteiger partial charge in [0.25, 0.3) is 0 Å². The van der Waals surface area contributed by atoms with Crippen molar-refractivity contribution >= 4 is 11.8 Å². The number of thioether (sulfide) groups is 1. The molecule has 0 fully saturated rings. The fraction of sp³-hybridized carbons (Fsp3) is 0.625. The van der Waals surface area contributed by atoms with E-state index in [2.05, 4.69) is 44.3 Å². The molecule has 0 radical (unpaired) electrons. The minimum absolute atomic E-state index is 0.642. The largest absolute Gasteiger partial charge is 0.385 e. The summed E-state index contributed by atoms with van der Waals surface area (Å²) in [4.78, 5) is 0. The van der Waals surface area contributed by atoms with E-state index in [4.69, 9.17) is 4.74 Å². The number of hydrogen-bond donors (Lipinski definition) is 1. The Morgan fingerprint density at radius 3 is 2.53 bits per heavy atom. The van der Waals surface area contributed by atoms with Gasteiger partial charge in [0.05, 0.1) is 0 Å². The second-order valence-electron chi connectivity index (χ2n) is 5.17. The SMILES string of the molecule is COCCCNCC(C)SCc1cc(C)cc(C)c1. The number of rotatable bonds is 9. The summed E-state index contributed by atoms with van der Waals surface area (Å²) in [5.74, 6) is 1.10. The van der Waals surface area contributed by atoms with E-state index in [0.717, 1.165) is 31.9 Å². The average molecular weight is 281 g/mol. The number of hydrogen-bond acceptors (Lipinski definition) is 3. The fourth-order valence-electron chi connectivity index (χ4n) is 2.10. The van der Waals surface area contributed by atoms with Crippen LogP contribution in [0.25, 0.3) is 0 Å². The van der Waals surface area contributed by atoms with Crippen LogP contribution >= 0.6 is 11.8 Å². The van der Waals surface area contributed by atoms with Gasteiger partial charge in [-0.2, -0.15) is 11.8 Å². The smallest absolute Gasteiger partial charge is 0.0474 e. The van der Waals surface area contributed by atoms with Crippen molar-refractivity contribution in [3.63, 3.8) is 0 Å². The van der Waals surface area contributed by atoms with Gasteiger partial charge in [0.15, 0.2) is 0 Å². The zero-order chi connectivity index (χ0) is 14.1. The van der Waals surface area contributed by atoms with Crippen LogP contribution in [0.3, 0.4) is 0 Å². The fourth-order valence-corrected chi connectivity index (χ4v) is 2.98. The molecule has 1 rings (SSSR count). The van der Waals surface area contributed by atoms with Crippen LogP contribution in [0.4, 0.5) is 0 Å². The highest BCUT2D eigenvalue weighted by atomic mass is 32.2. The summed E-state index contributed by atoms with van der Waals surface area (Å²) in [5, 5.41) is 4.12. The molecule has 3 heteroatoms. The molecule has 0 bridgehead atoms. The molecule has 0 aliphatic carbocycles. The van der Waals surface area contributed by atoms with Gasteiger partial charge in [0.1, 0.15) is 0 Å². The van der Waals surface area contributed by atoms with E-state index in [1.54, 1.807) is 7.11 Å². The summed E-state index contributed by atoms with van der Waals surface area (Å²) >= 11 is 2.02. The molecule has 1 atom stereocenters. The lowest BCUT2D eigenvalue weighted by Gasteiger charge is -2.13. The number of benzene rings is 1. The summed E-state index contributed by atoms with van der Waals surface area (Å²) in [7, 11) is 1.75. The zero-order valence-electron chi connectivity index (χ0n) is 12.7. The maximum Gasteiger partial charge on any atom is 0.0474 e.